The van der Waals surface area contributed by atoms with Gasteiger partial charge in [0.2, 0.25) is 5.91 Å². The maximum atomic E-state index is 13.0. The monoisotopic (exact) mass is 326 g/mol. The Labute approximate surface area is 141 Å². The molecule has 2 aliphatic rings. The molecule has 4 rings (SSSR count). The minimum Gasteiger partial charge on any atom is -0.370 e. The van der Waals surface area contributed by atoms with Crippen molar-refractivity contribution >= 4 is 5.91 Å². The number of hydrogen-bond acceptors (Lipinski definition) is 4. The number of nitrogens with one attached hydrogen (secondary N) is 1. The molecule has 1 aromatic carbocycles. The van der Waals surface area contributed by atoms with Crippen LogP contribution in [0.1, 0.15) is 35.0 Å². The summed E-state index contributed by atoms with van der Waals surface area (Å²) in [5.41, 5.74) is 4.35. The predicted molar refractivity (Wildman–Crippen MR) is 88.3 cm³/mol. The number of carbonyl (C=O) groups excluding carboxylic acids is 1. The summed E-state index contributed by atoms with van der Waals surface area (Å²) in [5.74, 6) is 0.240. The Bertz CT molecular complexity index is 742. The number of H-pyrrole nitrogens is 1. The second-order valence-electron chi connectivity index (χ2n) is 6.66. The molecule has 1 saturated heterocycles. The van der Waals surface area contributed by atoms with Gasteiger partial charge in [0, 0.05) is 18.9 Å². The van der Waals surface area contributed by atoms with Crippen LogP contribution >= 0.6 is 0 Å². The average molecular weight is 326 g/mol. The third-order valence-corrected chi connectivity index (χ3v) is 5.14. The van der Waals surface area contributed by atoms with Gasteiger partial charge in [-0.25, -0.2) is 0 Å². The normalized spacial score (nSPS) is 23.8. The minimum atomic E-state index is -0.0323. The van der Waals surface area contributed by atoms with Crippen molar-refractivity contribution in [2.75, 3.05) is 19.7 Å². The van der Waals surface area contributed by atoms with Crippen LogP contribution in [0.4, 0.5) is 0 Å². The van der Waals surface area contributed by atoms with Crippen LogP contribution < -0.4 is 0 Å². The summed E-state index contributed by atoms with van der Waals surface area (Å²) in [4.78, 5) is 14.9. The second kappa shape index (κ2) is 6.36. The molecule has 126 valence electrons. The molecule has 24 heavy (non-hydrogen) atoms. The molecule has 1 N–H and O–H groups in total. The zero-order valence-corrected chi connectivity index (χ0v) is 13.9. The molecule has 2 heterocycles. The van der Waals surface area contributed by atoms with Crippen molar-refractivity contribution < 1.29 is 9.53 Å². The first-order valence-electron chi connectivity index (χ1n) is 8.57. The maximum absolute atomic E-state index is 13.0. The summed E-state index contributed by atoms with van der Waals surface area (Å²) in [7, 11) is 0. The molecular formula is C18H22N4O2. The number of carbonyl (C=O) groups is 1. The van der Waals surface area contributed by atoms with Crippen LogP contribution in [0.3, 0.4) is 0 Å². The number of morpholine rings is 1. The molecule has 0 spiro atoms. The van der Waals surface area contributed by atoms with E-state index in [9.17, 15) is 4.79 Å². The van der Waals surface area contributed by atoms with Gasteiger partial charge in [-0.15, -0.1) is 0 Å². The maximum Gasteiger partial charge on any atom is 0.226 e. The van der Waals surface area contributed by atoms with Gasteiger partial charge in [-0.2, -0.15) is 15.4 Å². The summed E-state index contributed by atoms with van der Waals surface area (Å²) in [6.07, 6.45) is 2.34. The number of nitrogens with zero attached hydrogens (tertiary/aromatic N) is 3. The van der Waals surface area contributed by atoms with Gasteiger partial charge in [-0.1, -0.05) is 24.3 Å². The second-order valence-corrected chi connectivity index (χ2v) is 6.66. The smallest absolute Gasteiger partial charge is 0.226 e. The molecule has 2 atom stereocenters. The summed E-state index contributed by atoms with van der Waals surface area (Å²) in [5, 5.41) is 11.0. The number of aromatic nitrogens is 3. The van der Waals surface area contributed by atoms with Crippen molar-refractivity contribution in [2.45, 2.75) is 32.3 Å². The number of fused-ring (bicyclic) bond motifs is 1. The topological polar surface area (TPSA) is 71.1 Å². The number of ether oxygens (including phenoxy) is 1. The summed E-state index contributed by atoms with van der Waals surface area (Å²) in [6, 6.07) is 8.24. The predicted octanol–water partition coefficient (Wildman–Crippen LogP) is 1.82. The Kier molecular flexibility index (Phi) is 4.06. The summed E-state index contributed by atoms with van der Waals surface area (Å²) in [6.45, 7) is 3.98. The zero-order valence-electron chi connectivity index (χ0n) is 13.9. The van der Waals surface area contributed by atoms with Gasteiger partial charge in [0.1, 0.15) is 6.10 Å². The minimum absolute atomic E-state index is 0.0122. The fraction of sp³-hybridized carbons (Fsp3) is 0.500. The molecule has 1 fully saturated rings. The molecule has 6 nitrogen and oxygen atoms in total. The van der Waals surface area contributed by atoms with Crippen LogP contribution in [0, 0.1) is 12.8 Å². The fourth-order valence-corrected chi connectivity index (χ4v) is 3.74. The van der Waals surface area contributed by atoms with Gasteiger partial charge in [-0.3, -0.25) is 4.79 Å². The first-order chi connectivity index (χ1) is 11.7. The lowest BCUT2D eigenvalue weighted by atomic mass is 9.88. The quantitative estimate of drug-likeness (QED) is 0.914. The SMILES string of the molecule is Cc1ccccc1[C@@H]1CN(C(=O)[C@H]2CCc3n[nH]nc3C2)CCO1. The zero-order chi connectivity index (χ0) is 16.5. The van der Waals surface area contributed by atoms with E-state index in [1.165, 1.54) is 11.1 Å². The highest BCUT2D eigenvalue weighted by Crippen LogP contribution is 2.28. The molecule has 0 radical (unpaired) electrons. The third kappa shape index (κ3) is 2.82. The van der Waals surface area contributed by atoms with Crippen molar-refractivity contribution in [3.05, 3.63) is 46.8 Å². The molecule has 1 aliphatic heterocycles. The summed E-state index contributed by atoms with van der Waals surface area (Å²) < 4.78 is 5.94. The Morgan fingerprint density at radius 3 is 3.00 bits per heavy atom. The van der Waals surface area contributed by atoms with Gasteiger partial charge < -0.3 is 9.64 Å². The van der Waals surface area contributed by atoms with E-state index in [1.54, 1.807) is 0 Å². The van der Waals surface area contributed by atoms with Crippen molar-refractivity contribution in [3.8, 4) is 0 Å². The molecule has 0 bridgehead atoms. The Hall–Kier alpha value is -2.21. The molecule has 1 aromatic heterocycles. The Balaban J connectivity index is 1.46. The van der Waals surface area contributed by atoms with Crippen molar-refractivity contribution in [1.29, 1.82) is 0 Å². The highest BCUT2D eigenvalue weighted by atomic mass is 16.5. The van der Waals surface area contributed by atoms with E-state index in [2.05, 4.69) is 34.5 Å². The van der Waals surface area contributed by atoms with Gasteiger partial charge in [-0.05, 0) is 30.9 Å². The van der Waals surface area contributed by atoms with Gasteiger partial charge >= 0.3 is 0 Å². The Morgan fingerprint density at radius 1 is 1.29 bits per heavy atom. The van der Waals surface area contributed by atoms with Crippen LogP contribution in [0.2, 0.25) is 0 Å². The molecule has 0 saturated carbocycles. The van der Waals surface area contributed by atoms with Gasteiger partial charge in [0.25, 0.3) is 0 Å². The van der Waals surface area contributed by atoms with Crippen molar-refractivity contribution in [2.24, 2.45) is 5.92 Å². The van der Waals surface area contributed by atoms with Crippen LogP contribution in [0.25, 0.3) is 0 Å². The van der Waals surface area contributed by atoms with E-state index < -0.39 is 0 Å². The lowest BCUT2D eigenvalue weighted by Gasteiger charge is -2.36. The average Bonchev–Trinajstić information content (AvgIpc) is 3.09. The standard InChI is InChI=1S/C18H22N4O2/c1-12-4-2-3-5-14(12)17-11-22(8-9-24-17)18(23)13-6-7-15-16(10-13)20-21-19-15/h2-5,13,17H,6-11H2,1H3,(H,19,20,21)/t13-,17-/m0/s1. The van der Waals surface area contributed by atoms with E-state index in [1.807, 2.05) is 17.0 Å². The molecule has 6 heteroatoms. The number of aromatic amines is 1. The molecule has 1 aliphatic carbocycles. The molecule has 2 aromatic rings. The number of aryl methyl sites for hydroxylation is 2. The highest BCUT2D eigenvalue weighted by Gasteiger charge is 2.33. The first kappa shape index (κ1) is 15.3. The van der Waals surface area contributed by atoms with E-state index in [0.717, 1.165) is 24.2 Å². The van der Waals surface area contributed by atoms with E-state index in [-0.39, 0.29) is 17.9 Å². The third-order valence-electron chi connectivity index (χ3n) is 5.14. The van der Waals surface area contributed by atoms with Crippen molar-refractivity contribution in [3.63, 3.8) is 0 Å². The summed E-state index contributed by atoms with van der Waals surface area (Å²) >= 11 is 0. The fourth-order valence-electron chi connectivity index (χ4n) is 3.74. The Morgan fingerprint density at radius 2 is 2.12 bits per heavy atom. The number of rotatable bonds is 2. The van der Waals surface area contributed by atoms with Crippen LogP contribution in [0.5, 0.6) is 0 Å². The largest absolute Gasteiger partial charge is 0.370 e. The first-order valence-corrected chi connectivity index (χ1v) is 8.57. The number of benzene rings is 1. The number of amides is 1. The van der Waals surface area contributed by atoms with Crippen LogP contribution in [-0.4, -0.2) is 45.9 Å². The van der Waals surface area contributed by atoms with Crippen LogP contribution in [-0.2, 0) is 22.4 Å². The van der Waals surface area contributed by atoms with Gasteiger partial charge in [0.05, 0.1) is 24.5 Å². The molecular weight excluding hydrogens is 304 g/mol. The van der Waals surface area contributed by atoms with Gasteiger partial charge in [0.15, 0.2) is 0 Å². The van der Waals surface area contributed by atoms with E-state index in [0.29, 0.717) is 26.1 Å². The lowest BCUT2D eigenvalue weighted by molar-refractivity contribution is -0.143. The van der Waals surface area contributed by atoms with E-state index >= 15 is 0 Å². The number of hydrogen-bond donors (Lipinski definition) is 1. The molecule has 1 amide bonds. The molecule has 0 unspecified atom stereocenters. The van der Waals surface area contributed by atoms with E-state index in [4.69, 9.17) is 4.74 Å². The highest BCUT2D eigenvalue weighted by molar-refractivity contribution is 5.79. The van der Waals surface area contributed by atoms with Crippen LogP contribution in [0.15, 0.2) is 24.3 Å². The van der Waals surface area contributed by atoms with Crippen molar-refractivity contribution in [1.82, 2.24) is 20.3 Å². The lowest BCUT2D eigenvalue weighted by Crippen LogP contribution is -2.46.